The number of likely N-dealkylation sites (tertiary alicyclic amines) is 1. The Kier molecular flexibility index (Phi) is 5.61. The minimum absolute atomic E-state index is 0.00940. The number of nitrogens with zero attached hydrogens (tertiary/aromatic N) is 1. The number of hydrogen-bond donors (Lipinski definition) is 2. The van der Waals surface area contributed by atoms with E-state index in [1.54, 1.807) is 0 Å². The molecule has 0 saturated carbocycles. The molecule has 2 N–H and O–H groups in total. The zero-order valence-electron chi connectivity index (χ0n) is 17.6. The van der Waals surface area contributed by atoms with Crippen molar-refractivity contribution in [2.45, 2.75) is 25.4 Å². The Morgan fingerprint density at radius 3 is 2.48 bits per heavy atom. The van der Waals surface area contributed by atoms with Crippen LogP contribution in [-0.2, 0) is 22.6 Å². The molecule has 0 bridgehead atoms. The molecule has 0 radical (unpaired) electrons. The summed E-state index contributed by atoms with van der Waals surface area (Å²) in [4.78, 5) is 29.7. The Morgan fingerprint density at radius 2 is 1.68 bits per heavy atom. The molecule has 5 rings (SSSR count). The van der Waals surface area contributed by atoms with Crippen LogP contribution < -0.4 is 19.3 Å². The van der Waals surface area contributed by atoms with Crippen LogP contribution in [0, 0.1) is 0 Å². The van der Waals surface area contributed by atoms with Gasteiger partial charge in [0.15, 0.2) is 17.5 Å². The van der Waals surface area contributed by atoms with E-state index in [4.69, 9.17) is 9.47 Å². The highest BCUT2D eigenvalue weighted by molar-refractivity contribution is 6.04. The van der Waals surface area contributed by atoms with Gasteiger partial charge in [-0.1, -0.05) is 30.3 Å². The molecule has 2 aromatic rings. The summed E-state index contributed by atoms with van der Waals surface area (Å²) in [7, 11) is 0. The van der Waals surface area contributed by atoms with Crippen LogP contribution in [0.2, 0.25) is 0 Å². The zero-order chi connectivity index (χ0) is 21.2. The molecular formula is C24H29N3O4+2. The van der Waals surface area contributed by atoms with E-state index in [2.05, 4.69) is 12.1 Å². The lowest BCUT2D eigenvalue weighted by Gasteiger charge is -2.32. The van der Waals surface area contributed by atoms with Gasteiger partial charge in [0.1, 0.15) is 32.7 Å². The van der Waals surface area contributed by atoms with Crippen molar-refractivity contribution in [3.63, 3.8) is 0 Å². The van der Waals surface area contributed by atoms with Gasteiger partial charge < -0.3 is 19.3 Å². The molecule has 2 aromatic carbocycles. The molecule has 3 aliphatic heterocycles. The predicted molar refractivity (Wildman–Crippen MR) is 113 cm³/mol. The molecule has 0 spiro atoms. The highest BCUT2D eigenvalue weighted by Gasteiger charge is 2.45. The van der Waals surface area contributed by atoms with Gasteiger partial charge in [0.05, 0.1) is 6.42 Å². The van der Waals surface area contributed by atoms with E-state index in [1.807, 2.05) is 36.4 Å². The van der Waals surface area contributed by atoms with Gasteiger partial charge in [0, 0.05) is 12.1 Å². The Bertz CT molecular complexity index is 957. The number of quaternary nitrogens is 2. The predicted octanol–water partition coefficient (Wildman–Crippen LogP) is -0.931. The number of nitrogens with one attached hydrogen (secondary N) is 2. The molecule has 3 heterocycles. The Labute approximate surface area is 182 Å². The number of rotatable bonds is 6. The minimum atomic E-state index is -0.213. The van der Waals surface area contributed by atoms with Gasteiger partial charge in [-0.25, -0.2) is 0 Å². The van der Waals surface area contributed by atoms with Gasteiger partial charge in [-0.2, -0.15) is 0 Å². The first-order valence-electron chi connectivity index (χ1n) is 11.1. The fraction of sp³-hybridized carbons (Fsp3) is 0.417. The lowest BCUT2D eigenvalue weighted by atomic mass is 10.1. The summed E-state index contributed by atoms with van der Waals surface area (Å²) in [6.07, 6.45) is 1.06. The zero-order valence-corrected chi connectivity index (χ0v) is 17.6. The number of benzene rings is 2. The minimum Gasteiger partial charge on any atom is -0.454 e. The molecule has 7 heteroatoms. The van der Waals surface area contributed by atoms with Crippen LogP contribution >= 0.6 is 0 Å². The van der Waals surface area contributed by atoms with Crippen LogP contribution in [0.1, 0.15) is 17.5 Å². The Balaban J connectivity index is 1.13. The van der Waals surface area contributed by atoms with Crippen molar-refractivity contribution < 1.29 is 28.9 Å². The largest absolute Gasteiger partial charge is 0.454 e. The number of carbonyl (C=O) groups is 2. The SMILES string of the molecule is O=C1C[C@@H]([NH+]2CC[NH+](Cc3ccc4c(c3)OCO4)CC2)C(=O)N1CCc1ccccc1. The van der Waals surface area contributed by atoms with Crippen molar-refractivity contribution in [2.75, 3.05) is 39.5 Å². The Morgan fingerprint density at radius 1 is 0.903 bits per heavy atom. The van der Waals surface area contributed by atoms with E-state index in [0.29, 0.717) is 26.2 Å². The third kappa shape index (κ3) is 4.29. The number of carbonyl (C=O) groups excluding carboxylic acids is 2. The average molecular weight is 424 g/mol. The topological polar surface area (TPSA) is 64.7 Å². The summed E-state index contributed by atoms with van der Waals surface area (Å²) in [5.41, 5.74) is 2.39. The second kappa shape index (κ2) is 8.69. The second-order valence-electron chi connectivity index (χ2n) is 8.65. The fourth-order valence-electron chi connectivity index (χ4n) is 4.91. The summed E-state index contributed by atoms with van der Waals surface area (Å²) in [6.45, 7) is 5.52. The number of ether oxygens (including phenoxy) is 2. The molecule has 2 saturated heterocycles. The standard InChI is InChI=1S/C24H27N3O4/c28-23-15-20(24(29)27(23)9-8-18-4-2-1-3-5-18)26-12-10-25(11-13-26)16-19-6-7-21-22(14-19)31-17-30-21/h1-7,14,20H,8-13,15-17H2/p+2/t20-/m1/s1. The molecule has 0 aromatic heterocycles. The monoisotopic (exact) mass is 423 g/mol. The maximum atomic E-state index is 13.0. The van der Waals surface area contributed by atoms with Crippen LogP contribution in [-0.4, -0.2) is 62.3 Å². The molecule has 0 aliphatic carbocycles. The van der Waals surface area contributed by atoms with Crippen LogP contribution in [0.4, 0.5) is 0 Å². The van der Waals surface area contributed by atoms with E-state index in [0.717, 1.165) is 49.8 Å². The number of imide groups is 1. The van der Waals surface area contributed by atoms with E-state index in [1.165, 1.54) is 20.3 Å². The molecule has 0 unspecified atom stereocenters. The molecular weight excluding hydrogens is 394 g/mol. The van der Waals surface area contributed by atoms with E-state index in [-0.39, 0.29) is 17.9 Å². The van der Waals surface area contributed by atoms with Crippen molar-refractivity contribution in [2.24, 2.45) is 0 Å². The highest BCUT2D eigenvalue weighted by atomic mass is 16.7. The van der Waals surface area contributed by atoms with Crippen LogP contribution in [0.5, 0.6) is 11.5 Å². The van der Waals surface area contributed by atoms with Crippen molar-refractivity contribution in [3.8, 4) is 11.5 Å². The van der Waals surface area contributed by atoms with Crippen molar-refractivity contribution in [3.05, 3.63) is 59.7 Å². The van der Waals surface area contributed by atoms with Gasteiger partial charge in [0.25, 0.3) is 5.91 Å². The first-order valence-corrected chi connectivity index (χ1v) is 11.1. The van der Waals surface area contributed by atoms with E-state index in [9.17, 15) is 9.59 Å². The molecule has 31 heavy (non-hydrogen) atoms. The normalized spacial score (nSPS) is 25.3. The first kappa shape index (κ1) is 20.0. The molecule has 162 valence electrons. The Hall–Kier alpha value is -2.90. The molecule has 2 fully saturated rings. The summed E-state index contributed by atoms with van der Waals surface area (Å²) in [5.74, 6) is 1.63. The summed E-state index contributed by atoms with van der Waals surface area (Å²) in [5, 5.41) is 0. The van der Waals surface area contributed by atoms with Crippen molar-refractivity contribution in [1.29, 1.82) is 0 Å². The number of piperazine rings is 1. The third-order valence-electron chi connectivity index (χ3n) is 6.69. The number of amides is 2. The summed E-state index contributed by atoms with van der Waals surface area (Å²) < 4.78 is 10.9. The van der Waals surface area contributed by atoms with Crippen LogP contribution in [0.3, 0.4) is 0 Å². The highest BCUT2D eigenvalue weighted by Crippen LogP contribution is 2.32. The summed E-state index contributed by atoms with van der Waals surface area (Å²) >= 11 is 0. The number of hydrogen-bond acceptors (Lipinski definition) is 4. The lowest BCUT2D eigenvalue weighted by molar-refractivity contribution is -1.02. The number of fused-ring (bicyclic) bond motifs is 1. The second-order valence-corrected chi connectivity index (χ2v) is 8.65. The molecule has 3 aliphatic rings. The molecule has 7 nitrogen and oxygen atoms in total. The van der Waals surface area contributed by atoms with Crippen molar-refractivity contribution in [1.82, 2.24) is 4.90 Å². The van der Waals surface area contributed by atoms with Gasteiger partial charge >= 0.3 is 0 Å². The quantitative estimate of drug-likeness (QED) is 0.590. The van der Waals surface area contributed by atoms with E-state index >= 15 is 0 Å². The van der Waals surface area contributed by atoms with Crippen molar-refractivity contribution >= 4 is 11.8 Å². The van der Waals surface area contributed by atoms with Crippen LogP contribution in [0.15, 0.2) is 48.5 Å². The molecule has 1 atom stereocenters. The van der Waals surface area contributed by atoms with Crippen LogP contribution in [0.25, 0.3) is 0 Å². The first-order chi connectivity index (χ1) is 15.2. The summed E-state index contributed by atoms with van der Waals surface area (Å²) in [6, 6.07) is 16.0. The smallest absolute Gasteiger partial charge is 0.288 e. The fourth-order valence-corrected chi connectivity index (χ4v) is 4.91. The van der Waals surface area contributed by atoms with Gasteiger partial charge in [-0.05, 0) is 30.2 Å². The van der Waals surface area contributed by atoms with Gasteiger partial charge in [-0.15, -0.1) is 0 Å². The average Bonchev–Trinajstić information content (AvgIpc) is 3.37. The third-order valence-corrected chi connectivity index (χ3v) is 6.69. The van der Waals surface area contributed by atoms with Gasteiger partial charge in [0.2, 0.25) is 12.7 Å². The van der Waals surface area contributed by atoms with E-state index < -0.39 is 0 Å². The molecule has 2 amide bonds. The maximum absolute atomic E-state index is 13.0. The van der Waals surface area contributed by atoms with Gasteiger partial charge in [-0.3, -0.25) is 14.5 Å². The lowest BCUT2D eigenvalue weighted by Crippen LogP contribution is -3.29. The maximum Gasteiger partial charge on any atom is 0.288 e.